The highest BCUT2D eigenvalue weighted by molar-refractivity contribution is 8.00. The van der Waals surface area contributed by atoms with E-state index in [0.29, 0.717) is 0 Å². The fraction of sp³-hybridized carbons (Fsp3) is 0.500. The summed E-state index contributed by atoms with van der Waals surface area (Å²) in [7, 11) is 0. The van der Waals surface area contributed by atoms with E-state index in [2.05, 4.69) is 22.8 Å². The molecule has 0 fully saturated rings. The number of amides is 2. The highest BCUT2D eigenvalue weighted by Crippen LogP contribution is 2.44. The fourth-order valence-corrected chi connectivity index (χ4v) is 5.46. The van der Waals surface area contributed by atoms with Gasteiger partial charge in [0.05, 0.1) is 11.7 Å². The zero-order valence-electron chi connectivity index (χ0n) is 23.7. The van der Waals surface area contributed by atoms with Gasteiger partial charge < -0.3 is 25.2 Å². The molecular formula is C30H40N2O6S. The van der Waals surface area contributed by atoms with Crippen molar-refractivity contribution in [1.82, 2.24) is 10.6 Å². The lowest BCUT2D eigenvalue weighted by Gasteiger charge is -2.30. The van der Waals surface area contributed by atoms with Crippen LogP contribution in [0.2, 0.25) is 0 Å². The van der Waals surface area contributed by atoms with Crippen molar-refractivity contribution in [3.63, 3.8) is 0 Å². The molecule has 0 radical (unpaired) electrons. The van der Waals surface area contributed by atoms with Gasteiger partial charge in [-0.3, -0.25) is 4.79 Å². The van der Waals surface area contributed by atoms with Crippen LogP contribution in [0.5, 0.6) is 0 Å². The maximum absolute atomic E-state index is 13.3. The van der Waals surface area contributed by atoms with Crippen LogP contribution in [0.3, 0.4) is 0 Å². The summed E-state index contributed by atoms with van der Waals surface area (Å²) in [6.45, 7) is 13.1. The second-order valence-electron chi connectivity index (χ2n) is 11.7. The Morgan fingerprint density at radius 2 is 1.46 bits per heavy atom. The summed E-state index contributed by atoms with van der Waals surface area (Å²) in [5.41, 5.74) is 3.81. The van der Waals surface area contributed by atoms with Crippen molar-refractivity contribution in [2.75, 3.05) is 12.4 Å². The standard InChI is InChI=1S/C30H40N2O6S/c1-18(38-29(2,3)4)25(27(34)35)32-26(33)24(17-39-30(5,6)7)31-28(36)37-16-23-21-14-10-8-12-19(21)20-13-9-11-15-22(20)23/h8-15,18,23-25H,16-17H2,1-7H3,(H,31,36)(H,32,33)(H,34,35)/t18-,24-,25+/m0/s1. The SMILES string of the molecule is C[C@H](OC(C)(C)C)[C@@H](NC(=O)[C@H](CSC(C)(C)C)NC(=O)OCC1c2ccccc2-c2ccccc21)C(=O)O. The van der Waals surface area contributed by atoms with Crippen LogP contribution in [-0.2, 0) is 19.1 Å². The number of alkyl carbamates (subject to hydrolysis) is 1. The minimum atomic E-state index is -1.29. The number of fused-ring (bicyclic) bond motifs is 3. The third-order valence-corrected chi connectivity index (χ3v) is 7.57. The lowest BCUT2D eigenvalue weighted by molar-refractivity contribution is -0.150. The van der Waals surface area contributed by atoms with Crippen LogP contribution in [-0.4, -0.2) is 64.0 Å². The van der Waals surface area contributed by atoms with Gasteiger partial charge in [0.15, 0.2) is 6.04 Å². The molecule has 3 atom stereocenters. The quantitative estimate of drug-likeness (QED) is 0.369. The molecule has 3 rings (SSSR count). The number of carbonyl (C=O) groups is 3. The van der Waals surface area contributed by atoms with Crippen LogP contribution < -0.4 is 10.6 Å². The normalized spacial score (nSPS) is 15.5. The summed E-state index contributed by atoms with van der Waals surface area (Å²) in [6, 6.07) is 13.8. The van der Waals surface area contributed by atoms with Crippen molar-refractivity contribution in [2.24, 2.45) is 0 Å². The van der Waals surface area contributed by atoms with E-state index in [0.717, 1.165) is 22.3 Å². The lowest BCUT2D eigenvalue weighted by Crippen LogP contribution is -2.56. The summed E-state index contributed by atoms with van der Waals surface area (Å²) in [5, 5.41) is 15.0. The first-order valence-corrected chi connectivity index (χ1v) is 14.1. The molecule has 0 saturated heterocycles. The Morgan fingerprint density at radius 1 is 0.923 bits per heavy atom. The Hall–Kier alpha value is -3.04. The van der Waals surface area contributed by atoms with Crippen molar-refractivity contribution < 1.29 is 29.0 Å². The number of ether oxygens (including phenoxy) is 2. The first-order chi connectivity index (χ1) is 18.2. The highest BCUT2D eigenvalue weighted by atomic mass is 32.2. The number of rotatable bonds is 10. The molecule has 0 unspecified atom stereocenters. The highest BCUT2D eigenvalue weighted by Gasteiger charge is 2.34. The summed E-state index contributed by atoms with van der Waals surface area (Å²) in [4.78, 5) is 38.2. The van der Waals surface area contributed by atoms with Crippen LogP contribution in [0.25, 0.3) is 11.1 Å². The first-order valence-electron chi connectivity index (χ1n) is 13.1. The predicted molar refractivity (Wildman–Crippen MR) is 154 cm³/mol. The largest absolute Gasteiger partial charge is 0.480 e. The molecule has 0 aromatic heterocycles. The van der Waals surface area contributed by atoms with E-state index in [1.54, 1.807) is 6.92 Å². The van der Waals surface area contributed by atoms with Gasteiger partial charge in [-0.15, -0.1) is 0 Å². The number of hydrogen-bond donors (Lipinski definition) is 3. The van der Waals surface area contributed by atoms with E-state index < -0.39 is 41.8 Å². The molecule has 9 heteroatoms. The molecule has 3 N–H and O–H groups in total. The molecular weight excluding hydrogens is 516 g/mol. The predicted octanol–water partition coefficient (Wildman–Crippen LogP) is 5.20. The number of hydrogen-bond acceptors (Lipinski definition) is 6. The Balaban J connectivity index is 1.71. The number of thioether (sulfide) groups is 1. The zero-order chi connectivity index (χ0) is 29.0. The van der Waals surface area contributed by atoms with Crippen LogP contribution in [0.1, 0.15) is 65.5 Å². The van der Waals surface area contributed by atoms with Gasteiger partial charge in [-0.1, -0.05) is 69.3 Å². The maximum Gasteiger partial charge on any atom is 0.407 e. The zero-order valence-corrected chi connectivity index (χ0v) is 24.6. The van der Waals surface area contributed by atoms with Gasteiger partial charge in [0, 0.05) is 16.4 Å². The third kappa shape index (κ3) is 8.47. The molecule has 39 heavy (non-hydrogen) atoms. The van der Waals surface area contributed by atoms with Crippen LogP contribution in [0.4, 0.5) is 4.79 Å². The number of carboxylic acids is 1. The Kier molecular flexibility index (Phi) is 9.72. The Bertz CT molecular complexity index is 1140. The molecule has 1 aliphatic rings. The smallest absolute Gasteiger partial charge is 0.407 e. The average molecular weight is 557 g/mol. The Labute approximate surface area is 235 Å². The molecule has 1 aliphatic carbocycles. The van der Waals surface area contributed by atoms with Crippen molar-refractivity contribution in [3.05, 3.63) is 59.7 Å². The van der Waals surface area contributed by atoms with Gasteiger partial charge in [-0.2, -0.15) is 11.8 Å². The van der Waals surface area contributed by atoms with E-state index in [1.165, 1.54) is 11.8 Å². The van der Waals surface area contributed by atoms with Crippen molar-refractivity contribution in [2.45, 2.75) is 82.9 Å². The van der Waals surface area contributed by atoms with Gasteiger partial charge in [0.25, 0.3) is 0 Å². The molecule has 0 spiro atoms. The average Bonchev–Trinajstić information content (AvgIpc) is 3.15. The lowest BCUT2D eigenvalue weighted by atomic mass is 9.98. The third-order valence-electron chi connectivity index (χ3n) is 6.21. The van der Waals surface area contributed by atoms with Crippen molar-refractivity contribution in [1.29, 1.82) is 0 Å². The fourth-order valence-electron chi connectivity index (χ4n) is 4.56. The van der Waals surface area contributed by atoms with Gasteiger partial charge >= 0.3 is 12.1 Å². The molecule has 2 aromatic rings. The van der Waals surface area contributed by atoms with Crippen molar-refractivity contribution >= 4 is 29.7 Å². The minimum Gasteiger partial charge on any atom is -0.480 e. The minimum absolute atomic E-state index is 0.106. The molecule has 0 heterocycles. The second kappa shape index (κ2) is 12.4. The van der Waals surface area contributed by atoms with Gasteiger partial charge in [-0.25, -0.2) is 9.59 Å². The maximum atomic E-state index is 13.3. The second-order valence-corrected chi connectivity index (χ2v) is 13.6. The topological polar surface area (TPSA) is 114 Å². The first kappa shape index (κ1) is 30.5. The molecule has 0 bridgehead atoms. The summed E-state index contributed by atoms with van der Waals surface area (Å²) >= 11 is 1.48. The van der Waals surface area contributed by atoms with Crippen LogP contribution in [0, 0.1) is 0 Å². The number of nitrogens with one attached hydrogen (secondary N) is 2. The van der Waals surface area contributed by atoms with Gasteiger partial charge in [0.2, 0.25) is 5.91 Å². The van der Waals surface area contributed by atoms with E-state index in [1.807, 2.05) is 77.9 Å². The van der Waals surface area contributed by atoms with Crippen molar-refractivity contribution in [3.8, 4) is 11.1 Å². The molecule has 212 valence electrons. The van der Waals surface area contributed by atoms with E-state index in [-0.39, 0.29) is 23.0 Å². The van der Waals surface area contributed by atoms with Crippen LogP contribution in [0.15, 0.2) is 48.5 Å². The molecule has 8 nitrogen and oxygen atoms in total. The molecule has 2 amide bonds. The number of aliphatic carboxylic acids is 1. The van der Waals surface area contributed by atoms with Gasteiger partial charge in [-0.05, 0) is 49.9 Å². The molecule has 0 aliphatic heterocycles. The molecule has 2 aromatic carbocycles. The summed E-state index contributed by atoms with van der Waals surface area (Å²) in [6.07, 6.45) is -1.53. The van der Waals surface area contributed by atoms with E-state index >= 15 is 0 Å². The number of carbonyl (C=O) groups excluding carboxylic acids is 2. The summed E-state index contributed by atoms with van der Waals surface area (Å²) in [5.74, 6) is -1.72. The number of benzene rings is 2. The molecule has 0 saturated carbocycles. The summed E-state index contributed by atoms with van der Waals surface area (Å²) < 4.78 is 11.2. The monoisotopic (exact) mass is 556 g/mol. The van der Waals surface area contributed by atoms with E-state index in [9.17, 15) is 19.5 Å². The van der Waals surface area contributed by atoms with E-state index in [4.69, 9.17) is 9.47 Å². The number of carboxylic acid groups (broad SMARTS) is 1. The van der Waals surface area contributed by atoms with Gasteiger partial charge in [0.1, 0.15) is 12.6 Å². The Morgan fingerprint density at radius 3 is 1.95 bits per heavy atom. The van der Waals surface area contributed by atoms with Crippen LogP contribution >= 0.6 is 11.8 Å².